The van der Waals surface area contributed by atoms with Gasteiger partial charge in [0.2, 0.25) is 0 Å². The van der Waals surface area contributed by atoms with E-state index in [0.717, 1.165) is 24.3 Å². The number of nitrogens with one attached hydrogen (secondary N) is 1. The Morgan fingerprint density at radius 3 is 2.79 bits per heavy atom. The summed E-state index contributed by atoms with van der Waals surface area (Å²) in [5.41, 5.74) is 6.15. The van der Waals surface area contributed by atoms with Crippen molar-refractivity contribution in [2.24, 2.45) is 5.73 Å². The summed E-state index contributed by atoms with van der Waals surface area (Å²) in [5.74, 6) is 0.923. The molecule has 1 rings (SSSR count). The first-order valence-corrected chi connectivity index (χ1v) is 6.42. The van der Waals surface area contributed by atoms with E-state index in [1.807, 2.05) is 6.07 Å². The van der Waals surface area contributed by atoms with Crippen LogP contribution in [0.2, 0.25) is 0 Å². The summed E-state index contributed by atoms with van der Waals surface area (Å²) in [6.07, 6.45) is 0.399. The Kier molecular flexibility index (Phi) is 6.15. The van der Waals surface area contributed by atoms with E-state index in [1.165, 1.54) is 0 Å². The first kappa shape index (κ1) is 15.3. The second kappa shape index (κ2) is 7.63. The molecule has 5 heteroatoms. The van der Waals surface area contributed by atoms with Crippen LogP contribution in [0, 0.1) is 0 Å². The number of methoxy groups -OCH3 is 1. The summed E-state index contributed by atoms with van der Waals surface area (Å²) >= 11 is 0. The Labute approximate surface area is 114 Å². The van der Waals surface area contributed by atoms with Crippen molar-refractivity contribution < 1.29 is 14.3 Å². The van der Waals surface area contributed by atoms with Gasteiger partial charge in [0.1, 0.15) is 11.5 Å². The molecule has 0 bridgehead atoms. The molecule has 1 aromatic rings. The summed E-state index contributed by atoms with van der Waals surface area (Å²) in [6, 6.07) is 5.49. The Bertz CT molecular complexity index is 421. The first-order valence-electron chi connectivity index (χ1n) is 6.42. The Morgan fingerprint density at radius 2 is 2.21 bits per heavy atom. The number of hydrogen-bond donors (Lipinski definition) is 2. The number of primary amides is 1. The van der Waals surface area contributed by atoms with E-state index in [4.69, 9.17) is 15.2 Å². The zero-order valence-electron chi connectivity index (χ0n) is 11.7. The van der Waals surface area contributed by atoms with Gasteiger partial charge in [0.25, 0.3) is 5.91 Å². The third-order valence-corrected chi connectivity index (χ3v) is 2.71. The quantitative estimate of drug-likeness (QED) is 0.698. The summed E-state index contributed by atoms with van der Waals surface area (Å²) in [6.45, 7) is 5.31. The molecule has 1 amide bonds. The minimum atomic E-state index is -0.654. The van der Waals surface area contributed by atoms with Crippen molar-refractivity contribution in [1.82, 2.24) is 5.32 Å². The van der Waals surface area contributed by atoms with Crippen LogP contribution in [0.25, 0.3) is 0 Å². The second-order valence-electron chi connectivity index (χ2n) is 4.31. The van der Waals surface area contributed by atoms with Crippen molar-refractivity contribution in [1.29, 1.82) is 0 Å². The highest BCUT2D eigenvalue weighted by atomic mass is 16.5. The van der Waals surface area contributed by atoms with E-state index in [1.54, 1.807) is 26.2 Å². The van der Waals surface area contributed by atoms with E-state index in [0.29, 0.717) is 12.3 Å². The molecule has 1 unspecified atom stereocenters. The molecule has 0 aromatic heterocycles. The molecule has 19 heavy (non-hydrogen) atoms. The lowest BCUT2D eigenvalue weighted by molar-refractivity contribution is -0.124. The SMILES string of the molecule is CCCNCc1cc(OC)ccc1OC(C)C(N)=O. The fourth-order valence-electron chi connectivity index (χ4n) is 1.58. The molecule has 0 aliphatic rings. The highest BCUT2D eigenvalue weighted by molar-refractivity contribution is 5.78. The topological polar surface area (TPSA) is 73.6 Å². The summed E-state index contributed by atoms with van der Waals surface area (Å²) < 4.78 is 10.8. The van der Waals surface area contributed by atoms with Crippen LogP contribution in [0.1, 0.15) is 25.8 Å². The lowest BCUT2D eigenvalue weighted by atomic mass is 10.2. The van der Waals surface area contributed by atoms with E-state index in [-0.39, 0.29) is 0 Å². The van der Waals surface area contributed by atoms with Gasteiger partial charge in [-0.15, -0.1) is 0 Å². The van der Waals surface area contributed by atoms with Gasteiger partial charge in [0.15, 0.2) is 6.10 Å². The molecule has 0 radical (unpaired) electrons. The van der Waals surface area contributed by atoms with Crippen molar-refractivity contribution in [3.05, 3.63) is 23.8 Å². The van der Waals surface area contributed by atoms with Gasteiger partial charge in [-0.3, -0.25) is 4.79 Å². The molecular formula is C14H22N2O3. The Balaban J connectivity index is 2.84. The number of rotatable bonds is 8. The third-order valence-electron chi connectivity index (χ3n) is 2.71. The maximum Gasteiger partial charge on any atom is 0.258 e. The number of ether oxygens (including phenoxy) is 2. The van der Waals surface area contributed by atoms with Crippen molar-refractivity contribution in [2.45, 2.75) is 32.9 Å². The highest BCUT2D eigenvalue weighted by Gasteiger charge is 2.13. The maximum atomic E-state index is 11.1. The van der Waals surface area contributed by atoms with Crippen molar-refractivity contribution >= 4 is 5.91 Å². The van der Waals surface area contributed by atoms with Crippen LogP contribution in [0.4, 0.5) is 0 Å². The second-order valence-corrected chi connectivity index (χ2v) is 4.31. The lowest BCUT2D eigenvalue weighted by Gasteiger charge is -2.16. The van der Waals surface area contributed by atoms with Crippen LogP contribution < -0.4 is 20.5 Å². The van der Waals surface area contributed by atoms with Gasteiger partial charge in [0, 0.05) is 12.1 Å². The zero-order chi connectivity index (χ0) is 14.3. The monoisotopic (exact) mass is 266 g/mol. The van der Waals surface area contributed by atoms with Crippen LogP contribution in [-0.2, 0) is 11.3 Å². The number of carbonyl (C=O) groups is 1. The standard InChI is InChI=1S/C14H22N2O3/c1-4-7-16-9-11-8-12(18-3)5-6-13(11)19-10(2)14(15)17/h5-6,8,10,16H,4,7,9H2,1-3H3,(H2,15,17). The largest absolute Gasteiger partial charge is 0.497 e. The van der Waals surface area contributed by atoms with E-state index in [9.17, 15) is 4.79 Å². The normalized spacial score (nSPS) is 11.9. The van der Waals surface area contributed by atoms with Gasteiger partial charge >= 0.3 is 0 Å². The van der Waals surface area contributed by atoms with Gasteiger partial charge in [0.05, 0.1) is 7.11 Å². The number of hydrogen-bond acceptors (Lipinski definition) is 4. The van der Waals surface area contributed by atoms with Gasteiger partial charge in [-0.05, 0) is 38.1 Å². The van der Waals surface area contributed by atoms with Gasteiger partial charge < -0.3 is 20.5 Å². The molecule has 3 N–H and O–H groups in total. The Hall–Kier alpha value is -1.75. The predicted octanol–water partition coefficient (Wildman–Crippen LogP) is 1.45. The number of benzene rings is 1. The molecular weight excluding hydrogens is 244 g/mol. The fourth-order valence-corrected chi connectivity index (χ4v) is 1.58. The van der Waals surface area contributed by atoms with Crippen LogP contribution in [0.15, 0.2) is 18.2 Å². The van der Waals surface area contributed by atoms with Gasteiger partial charge in [-0.1, -0.05) is 6.92 Å². The van der Waals surface area contributed by atoms with E-state index < -0.39 is 12.0 Å². The Morgan fingerprint density at radius 1 is 1.47 bits per heavy atom. The lowest BCUT2D eigenvalue weighted by Crippen LogP contribution is -2.31. The molecule has 0 fully saturated rings. The van der Waals surface area contributed by atoms with E-state index >= 15 is 0 Å². The number of nitrogens with two attached hydrogens (primary N) is 1. The fraction of sp³-hybridized carbons (Fsp3) is 0.500. The van der Waals surface area contributed by atoms with Crippen LogP contribution >= 0.6 is 0 Å². The minimum Gasteiger partial charge on any atom is -0.497 e. The molecule has 0 aliphatic carbocycles. The van der Waals surface area contributed by atoms with Gasteiger partial charge in [-0.2, -0.15) is 0 Å². The molecule has 0 saturated heterocycles. The van der Waals surface area contributed by atoms with E-state index in [2.05, 4.69) is 12.2 Å². The molecule has 0 aliphatic heterocycles. The summed E-state index contributed by atoms with van der Waals surface area (Å²) in [5, 5.41) is 3.29. The summed E-state index contributed by atoms with van der Waals surface area (Å²) in [4.78, 5) is 11.1. The van der Waals surface area contributed by atoms with Crippen LogP contribution in [0.3, 0.4) is 0 Å². The maximum absolute atomic E-state index is 11.1. The van der Waals surface area contributed by atoms with Crippen LogP contribution in [0.5, 0.6) is 11.5 Å². The molecule has 1 aromatic carbocycles. The number of carbonyl (C=O) groups excluding carboxylic acids is 1. The average molecular weight is 266 g/mol. The number of amides is 1. The summed E-state index contributed by atoms with van der Waals surface area (Å²) in [7, 11) is 1.62. The van der Waals surface area contributed by atoms with Gasteiger partial charge in [-0.25, -0.2) is 0 Å². The minimum absolute atomic E-state index is 0.483. The molecule has 0 heterocycles. The van der Waals surface area contributed by atoms with Crippen LogP contribution in [-0.4, -0.2) is 25.7 Å². The smallest absolute Gasteiger partial charge is 0.258 e. The van der Waals surface area contributed by atoms with Crippen molar-refractivity contribution in [2.75, 3.05) is 13.7 Å². The molecule has 0 spiro atoms. The first-order chi connectivity index (χ1) is 9.08. The third kappa shape index (κ3) is 4.79. The predicted molar refractivity (Wildman–Crippen MR) is 74.3 cm³/mol. The molecule has 1 atom stereocenters. The van der Waals surface area contributed by atoms with Crippen molar-refractivity contribution in [3.63, 3.8) is 0 Å². The molecule has 106 valence electrons. The van der Waals surface area contributed by atoms with Crippen molar-refractivity contribution in [3.8, 4) is 11.5 Å². The zero-order valence-corrected chi connectivity index (χ0v) is 11.7. The average Bonchev–Trinajstić information content (AvgIpc) is 2.40. The highest BCUT2D eigenvalue weighted by Crippen LogP contribution is 2.25. The molecule has 5 nitrogen and oxygen atoms in total. The molecule has 0 saturated carbocycles.